The second kappa shape index (κ2) is 9.78. The molecule has 34 heavy (non-hydrogen) atoms. The normalized spacial score (nSPS) is 13.9. The van der Waals surface area contributed by atoms with E-state index in [9.17, 15) is 19.7 Å². The molecule has 3 aromatic carbocycles. The van der Waals surface area contributed by atoms with Crippen LogP contribution in [0.25, 0.3) is 6.08 Å². The molecule has 1 aliphatic heterocycles. The maximum atomic E-state index is 12.4. The Labute approximate surface area is 194 Å². The average Bonchev–Trinajstić information content (AvgIpc) is 3.19. The van der Waals surface area contributed by atoms with Gasteiger partial charge in [-0.05, 0) is 42.0 Å². The van der Waals surface area contributed by atoms with Crippen molar-refractivity contribution >= 4 is 35.2 Å². The van der Waals surface area contributed by atoms with Crippen molar-refractivity contribution in [2.45, 2.75) is 13.5 Å². The van der Waals surface area contributed by atoms with Gasteiger partial charge in [0, 0.05) is 35.9 Å². The molecule has 0 radical (unpaired) electrons. The van der Waals surface area contributed by atoms with Crippen molar-refractivity contribution in [2.75, 3.05) is 5.32 Å². The van der Waals surface area contributed by atoms with Crippen LogP contribution in [0.1, 0.15) is 23.6 Å². The van der Waals surface area contributed by atoms with Crippen LogP contribution in [0.2, 0.25) is 0 Å². The predicted octanol–water partition coefficient (Wildman–Crippen LogP) is 4.48. The molecule has 1 heterocycles. The van der Waals surface area contributed by atoms with Gasteiger partial charge in [0.15, 0.2) is 5.70 Å². The number of para-hydroxylation sites is 1. The number of ether oxygens (including phenoxy) is 2. The van der Waals surface area contributed by atoms with Gasteiger partial charge in [0.1, 0.15) is 12.4 Å². The fourth-order valence-electron chi connectivity index (χ4n) is 3.23. The van der Waals surface area contributed by atoms with Crippen LogP contribution in [0, 0.1) is 10.1 Å². The number of anilines is 1. The zero-order valence-corrected chi connectivity index (χ0v) is 18.1. The topological polar surface area (TPSA) is 120 Å². The van der Waals surface area contributed by atoms with Crippen molar-refractivity contribution in [3.05, 3.63) is 105 Å². The lowest BCUT2D eigenvalue weighted by molar-refractivity contribution is -0.384. The Bertz CT molecular complexity index is 1330. The number of hydrogen-bond acceptors (Lipinski definition) is 7. The van der Waals surface area contributed by atoms with Crippen molar-refractivity contribution in [1.82, 2.24) is 0 Å². The first kappa shape index (κ1) is 22.4. The van der Waals surface area contributed by atoms with E-state index in [1.807, 2.05) is 0 Å². The minimum absolute atomic E-state index is 0.0165. The van der Waals surface area contributed by atoms with Gasteiger partial charge in [-0.15, -0.1) is 0 Å². The number of carbonyl (C=O) groups excluding carboxylic acids is 2. The third-order valence-corrected chi connectivity index (χ3v) is 4.80. The number of amides is 1. The Morgan fingerprint density at radius 3 is 2.62 bits per heavy atom. The van der Waals surface area contributed by atoms with Gasteiger partial charge in [-0.1, -0.05) is 30.3 Å². The van der Waals surface area contributed by atoms with E-state index in [4.69, 9.17) is 9.47 Å². The van der Waals surface area contributed by atoms with Gasteiger partial charge in [-0.2, -0.15) is 0 Å². The van der Waals surface area contributed by atoms with Crippen molar-refractivity contribution in [3.63, 3.8) is 0 Å². The molecule has 0 spiro atoms. The van der Waals surface area contributed by atoms with Gasteiger partial charge in [-0.3, -0.25) is 14.9 Å². The summed E-state index contributed by atoms with van der Waals surface area (Å²) in [4.78, 5) is 38.4. The molecular formula is C25H19N3O6. The smallest absolute Gasteiger partial charge is 0.363 e. The maximum absolute atomic E-state index is 12.4. The Kier molecular flexibility index (Phi) is 6.45. The molecule has 0 bridgehead atoms. The number of cyclic esters (lactones) is 1. The first-order chi connectivity index (χ1) is 16.4. The predicted molar refractivity (Wildman–Crippen MR) is 125 cm³/mol. The summed E-state index contributed by atoms with van der Waals surface area (Å²) in [5.41, 5.74) is 2.53. The minimum atomic E-state index is -0.602. The Morgan fingerprint density at radius 2 is 1.88 bits per heavy atom. The number of non-ortho nitro benzene ring substituents is 1. The molecule has 1 amide bonds. The molecule has 0 aliphatic carbocycles. The van der Waals surface area contributed by atoms with Crippen LogP contribution in [0.5, 0.6) is 5.75 Å². The maximum Gasteiger partial charge on any atom is 0.363 e. The number of nitro groups is 1. The molecule has 1 aliphatic rings. The van der Waals surface area contributed by atoms with Crippen LogP contribution >= 0.6 is 0 Å². The summed E-state index contributed by atoms with van der Waals surface area (Å²) in [7, 11) is 0. The van der Waals surface area contributed by atoms with E-state index in [1.54, 1.807) is 66.7 Å². The van der Waals surface area contributed by atoms with E-state index in [0.717, 1.165) is 0 Å². The highest BCUT2D eigenvalue weighted by molar-refractivity contribution is 6.13. The zero-order valence-electron chi connectivity index (χ0n) is 18.1. The van der Waals surface area contributed by atoms with Crippen molar-refractivity contribution in [3.8, 4) is 5.75 Å². The molecule has 4 rings (SSSR count). The third kappa shape index (κ3) is 5.33. The number of hydrogen-bond donors (Lipinski definition) is 1. The molecule has 0 unspecified atom stereocenters. The molecule has 0 fully saturated rings. The Hall–Kier alpha value is -4.79. The SMILES string of the molecule is CC(=O)Nc1ccc(C2=N/C(=C\c3ccccc3OCc3cccc([N+](=O)[O-])c3)C(=O)O2)cc1. The molecule has 0 saturated carbocycles. The first-order valence-corrected chi connectivity index (χ1v) is 10.2. The van der Waals surface area contributed by atoms with Crippen molar-refractivity contribution in [2.24, 2.45) is 4.99 Å². The van der Waals surface area contributed by atoms with Crippen LogP contribution in [-0.4, -0.2) is 22.7 Å². The summed E-state index contributed by atoms with van der Waals surface area (Å²) in [5, 5.41) is 13.6. The number of nitro benzene ring substituents is 1. The van der Waals surface area contributed by atoms with E-state index < -0.39 is 10.9 Å². The number of nitrogens with zero attached hydrogens (tertiary/aromatic N) is 2. The number of esters is 1. The molecule has 3 aromatic rings. The molecule has 1 N–H and O–H groups in total. The third-order valence-electron chi connectivity index (χ3n) is 4.80. The Balaban J connectivity index is 1.53. The first-order valence-electron chi connectivity index (χ1n) is 10.2. The van der Waals surface area contributed by atoms with Crippen LogP contribution < -0.4 is 10.1 Å². The van der Waals surface area contributed by atoms with Crippen molar-refractivity contribution < 1.29 is 24.0 Å². The van der Waals surface area contributed by atoms with E-state index >= 15 is 0 Å². The van der Waals surface area contributed by atoms with E-state index in [1.165, 1.54) is 19.1 Å². The van der Waals surface area contributed by atoms with Gasteiger partial charge in [-0.25, -0.2) is 9.79 Å². The quantitative estimate of drug-likeness (QED) is 0.242. The van der Waals surface area contributed by atoms with Crippen LogP contribution in [0.3, 0.4) is 0 Å². The molecule has 0 saturated heterocycles. The zero-order chi connectivity index (χ0) is 24.1. The highest BCUT2D eigenvalue weighted by Crippen LogP contribution is 2.26. The van der Waals surface area contributed by atoms with Crippen LogP contribution in [0.4, 0.5) is 11.4 Å². The number of nitrogens with one attached hydrogen (secondary N) is 1. The summed E-state index contributed by atoms with van der Waals surface area (Å²) >= 11 is 0. The summed E-state index contributed by atoms with van der Waals surface area (Å²) in [5.74, 6) is -0.151. The van der Waals surface area contributed by atoms with E-state index in [0.29, 0.717) is 28.1 Å². The summed E-state index contributed by atoms with van der Waals surface area (Å²) in [6.45, 7) is 1.53. The fraction of sp³-hybridized carbons (Fsp3) is 0.0800. The molecule has 0 atom stereocenters. The Morgan fingerprint density at radius 1 is 1.12 bits per heavy atom. The van der Waals surface area contributed by atoms with Gasteiger partial charge in [0.05, 0.1) is 4.92 Å². The highest BCUT2D eigenvalue weighted by atomic mass is 16.6. The monoisotopic (exact) mass is 457 g/mol. The van der Waals surface area contributed by atoms with Gasteiger partial charge in [0.2, 0.25) is 11.8 Å². The number of rotatable bonds is 7. The second-order valence-corrected chi connectivity index (χ2v) is 7.35. The van der Waals surface area contributed by atoms with Gasteiger partial charge in [0.25, 0.3) is 5.69 Å². The number of carbonyl (C=O) groups is 2. The van der Waals surface area contributed by atoms with Crippen LogP contribution in [-0.2, 0) is 20.9 Å². The van der Waals surface area contributed by atoms with Gasteiger partial charge >= 0.3 is 5.97 Å². The lowest BCUT2D eigenvalue weighted by atomic mass is 10.1. The van der Waals surface area contributed by atoms with E-state index in [-0.39, 0.29) is 29.8 Å². The highest BCUT2D eigenvalue weighted by Gasteiger charge is 2.24. The van der Waals surface area contributed by atoms with E-state index in [2.05, 4.69) is 10.3 Å². The standard InChI is InChI=1S/C25H19N3O6/c1-16(29)26-20-11-9-18(10-12-20)24-27-22(25(30)34-24)14-19-6-2-3-8-23(19)33-15-17-5-4-7-21(13-17)28(31)32/h2-14H,15H2,1H3,(H,26,29)/b22-14-. The summed E-state index contributed by atoms with van der Waals surface area (Å²) in [6, 6.07) is 20.0. The number of aliphatic imine (C=N–C) groups is 1. The fourth-order valence-corrected chi connectivity index (χ4v) is 3.23. The summed E-state index contributed by atoms with van der Waals surface area (Å²) < 4.78 is 11.2. The van der Waals surface area contributed by atoms with Crippen LogP contribution in [0.15, 0.2) is 83.5 Å². The lowest BCUT2D eigenvalue weighted by Gasteiger charge is -2.09. The lowest BCUT2D eigenvalue weighted by Crippen LogP contribution is -2.07. The van der Waals surface area contributed by atoms with Gasteiger partial charge < -0.3 is 14.8 Å². The van der Waals surface area contributed by atoms with Crippen molar-refractivity contribution in [1.29, 1.82) is 0 Å². The molecule has 9 heteroatoms. The average molecular weight is 457 g/mol. The number of benzene rings is 3. The summed E-state index contributed by atoms with van der Waals surface area (Å²) in [6.07, 6.45) is 1.56. The second-order valence-electron chi connectivity index (χ2n) is 7.35. The molecule has 170 valence electrons. The minimum Gasteiger partial charge on any atom is -0.488 e. The molecular weight excluding hydrogens is 438 g/mol. The largest absolute Gasteiger partial charge is 0.488 e. The molecule has 9 nitrogen and oxygen atoms in total. The molecule has 0 aromatic heterocycles.